The Morgan fingerprint density at radius 1 is 0.412 bits per heavy atom. The minimum atomic E-state index is -0.972. The molecule has 0 aromatic heterocycles. The molecule has 4 N–H and O–H groups in total. The molecule has 4 nitrogen and oxygen atoms in total. The molecule has 0 saturated heterocycles. The van der Waals surface area contributed by atoms with Crippen LogP contribution in [-0.2, 0) is 25.8 Å². The van der Waals surface area contributed by atoms with Gasteiger partial charge < -0.3 is 22.9 Å². The van der Waals surface area contributed by atoms with Crippen LogP contribution in [0.3, 0.4) is 0 Å². The maximum Gasteiger partial charge on any atom is 4.00 e. The number of alkyl halides is 8. The second-order valence-electron chi connectivity index (χ2n) is 1.20. The van der Waals surface area contributed by atoms with E-state index in [2.05, 4.69) is 0 Å². The fraction of sp³-hybridized carbons (Fsp3) is 1.00. The van der Waals surface area contributed by atoms with Gasteiger partial charge in [-0.1, -0.05) is 0 Å². The van der Waals surface area contributed by atoms with Gasteiger partial charge in [-0.25, -0.2) is 0 Å². The van der Waals surface area contributed by atoms with E-state index in [4.69, 9.17) is 116 Å². The van der Waals surface area contributed by atoms with Gasteiger partial charge in [0.1, 0.15) is 0 Å². The molecule has 0 rings (SSSR count). The maximum absolute atomic E-state index is 6.11. The number of rotatable bonds is 0. The number of hydrogen-bond donors (Lipinski definition) is 0. The van der Waals surface area contributed by atoms with E-state index in [0.717, 1.165) is 0 Å². The molecular weight excluding hydrogens is 566 g/mol. The molecule has 0 unspecified atom stereocenters. The Morgan fingerprint density at radius 3 is 0.412 bits per heavy atom. The van der Waals surface area contributed by atoms with E-state index in [-0.39, 0.29) is 25.8 Å². The number of nitrogens with one attached hydrogen (secondary N) is 4. The Hall–Kier alpha value is 3.03. The Morgan fingerprint density at radius 2 is 0.412 bits per heavy atom. The van der Waals surface area contributed by atoms with Crippen LogP contribution in [0.25, 0.3) is 22.9 Å². The van der Waals surface area contributed by atoms with Gasteiger partial charge >= 0.3 is 25.8 Å². The summed E-state index contributed by atoms with van der Waals surface area (Å²) in [5, 5.41) is 0. The van der Waals surface area contributed by atoms with E-state index in [1.807, 2.05) is 0 Å². The third-order valence-corrected chi connectivity index (χ3v) is 0. The quantitative estimate of drug-likeness (QED) is 0.166. The topological polar surface area (TPSA) is 95.2 Å². The summed E-state index contributed by atoms with van der Waals surface area (Å²) in [7, 11) is 0. The molecule has 0 aromatic rings. The molecule has 0 aliphatic heterocycles. The second-order valence-corrected chi connectivity index (χ2v) is 5.59. The molecule has 0 aromatic carbocycles. The summed E-state index contributed by atoms with van der Waals surface area (Å²) in [6.07, 6.45) is 0. The van der Waals surface area contributed by atoms with Crippen molar-refractivity contribution in [2.75, 3.05) is 0 Å². The zero-order chi connectivity index (χ0) is 14.3. The predicted octanol–water partition coefficient (Wildman–Crippen LogP) is 7.20. The first-order valence-electron chi connectivity index (χ1n) is 2.90. The van der Waals surface area contributed by atoms with Crippen LogP contribution in [0.2, 0.25) is 0 Å². The van der Waals surface area contributed by atoms with Gasteiger partial charge in [-0.05, 0) is 0 Å². The van der Waals surface area contributed by atoms with Crippen molar-refractivity contribution in [2.45, 2.75) is 19.8 Å². The summed E-state index contributed by atoms with van der Waals surface area (Å²) < 4.78 is 0. The van der Waals surface area contributed by atoms with E-state index >= 15 is 0 Å². The zero-order valence-electron chi connectivity index (χ0n) is 7.83. The number of halogens is 8. The van der Waals surface area contributed by atoms with Crippen molar-refractivity contribution in [3.63, 3.8) is 0 Å². The minimum Gasteiger partial charge on any atom is -0.648 e. The Labute approximate surface area is 160 Å². The first-order valence-corrected chi connectivity index (χ1v) is 6.39. The van der Waals surface area contributed by atoms with Gasteiger partial charge in [0.05, 0.1) is 0 Å². The van der Waals surface area contributed by atoms with Crippen LogP contribution in [-0.4, -0.2) is 19.8 Å². The van der Waals surface area contributed by atoms with Gasteiger partial charge in [0.25, 0.3) is 0 Å². The van der Waals surface area contributed by atoms with Gasteiger partial charge in [-0.3, -0.25) is 0 Å². The van der Waals surface area contributed by atoms with Crippen LogP contribution in [0.1, 0.15) is 0 Å². The third-order valence-electron chi connectivity index (χ3n) is 0. The average molecular weight is 574 g/mol. The zero-order valence-corrected chi connectivity index (χ0v) is 17.5. The molecule has 17 heavy (non-hydrogen) atoms. The van der Waals surface area contributed by atoms with Gasteiger partial charge in [0.15, 0.2) is 0 Å². The third kappa shape index (κ3) is 601. The standard InChI is InChI=1S/4CH2Cl2N.Hf/c4*2-1(3)4;/h4*1,4H;/q4*-1;+4. The molecule has 0 spiro atoms. The van der Waals surface area contributed by atoms with Crippen molar-refractivity contribution < 1.29 is 25.8 Å². The van der Waals surface area contributed by atoms with Gasteiger partial charge in [0.2, 0.25) is 0 Å². The molecule has 0 atom stereocenters. The first kappa shape index (κ1) is 32.1. The van der Waals surface area contributed by atoms with Crippen molar-refractivity contribution in [3.8, 4) is 0 Å². The Balaban J connectivity index is -0.0000000369. The number of hydrogen-bond acceptors (Lipinski definition) is 0. The molecule has 0 saturated carbocycles. The van der Waals surface area contributed by atoms with Crippen LogP contribution in [0.4, 0.5) is 0 Å². The Bertz CT molecular complexity index is 72.5. The van der Waals surface area contributed by atoms with Crippen LogP contribution in [0, 0.1) is 0 Å². The van der Waals surface area contributed by atoms with Gasteiger partial charge in [-0.15, -0.1) is 92.8 Å². The summed E-state index contributed by atoms with van der Waals surface area (Å²) >= 11 is 37.7. The second kappa shape index (κ2) is 27.4. The first-order chi connectivity index (χ1) is 6.93. The van der Waals surface area contributed by atoms with Crippen LogP contribution in [0.15, 0.2) is 0 Å². The molecule has 0 radical (unpaired) electrons. The normalized spacial score (nSPS) is 8.47. The molecule has 0 heterocycles. The fourth-order valence-electron chi connectivity index (χ4n) is 0. The van der Waals surface area contributed by atoms with Crippen molar-refractivity contribution in [1.82, 2.24) is 0 Å². The largest absolute Gasteiger partial charge is 4.00 e. The van der Waals surface area contributed by atoms with Crippen molar-refractivity contribution in [3.05, 3.63) is 22.9 Å². The monoisotopic (exact) mass is 572 g/mol. The molecular formula is C4H8Cl8HfN4. The molecule has 13 heteroatoms. The van der Waals surface area contributed by atoms with Crippen molar-refractivity contribution in [2.24, 2.45) is 0 Å². The van der Waals surface area contributed by atoms with Crippen LogP contribution >= 0.6 is 92.8 Å². The molecule has 0 aliphatic rings. The summed E-state index contributed by atoms with van der Waals surface area (Å²) in [6.45, 7) is 0. The molecule has 0 aliphatic carbocycles. The van der Waals surface area contributed by atoms with Gasteiger partial charge in [0, 0.05) is 19.8 Å². The maximum atomic E-state index is 6.11. The molecule has 104 valence electrons. The SMILES string of the molecule is [Hf+4].[NH-]C(Cl)Cl.[NH-]C(Cl)Cl.[NH-]C(Cl)Cl.[NH-]C(Cl)Cl. The molecule has 0 bridgehead atoms. The van der Waals surface area contributed by atoms with Crippen molar-refractivity contribution in [1.29, 1.82) is 0 Å². The Kier molecular flexibility index (Phi) is 51.7. The summed E-state index contributed by atoms with van der Waals surface area (Å²) in [5.74, 6) is 0. The minimum absolute atomic E-state index is 0. The molecule has 0 fully saturated rings. The van der Waals surface area contributed by atoms with Crippen LogP contribution in [0.5, 0.6) is 0 Å². The summed E-state index contributed by atoms with van der Waals surface area (Å²) in [5.41, 5.74) is 24.5. The summed E-state index contributed by atoms with van der Waals surface area (Å²) in [4.78, 5) is -3.89. The average Bonchev–Trinajstić information content (AvgIpc) is 1.76. The smallest absolute Gasteiger partial charge is 0.648 e. The summed E-state index contributed by atoms with van der Waals surface area (Å²) in [6, 6.07) is 0. The van der Waals surface area contributed by atoms with Gasteiger partial charge in [-0.2, -0.15) is 0 Å². The van der Waals surface area contributed by atoms with Crippen molar-refractivity contribution >= 4 is 92.8 Å². The van der Waals surface area contributed by atoms with E-state index in [1.54, 1.807) is 0 Å². The van der Waals surface area contributed by atoms with Crippen LogP contribution < -0.4 is 0 Å². The molecule has 0 amide bonds. The van der Waals surface area contributed by atoms with E-state index in [9.17, 15) is 0 Å². The van der Waals surface area contributed by atoms with E-state index in [1.165, 1.54) is 0 Å². The predicted molar refractivity (Wildman–Crippen MR) is 79.3 cm³/mol. The van der Waals surface area contributed by atoms with E-state index < -0.39 is 19.8 Å². The van der Waals surface area contributed by atoms with E-state index in [0.29, 0.717) is 0 Å². The fourth-order valence-corrected chi connectivity index (χ4v) is 0.